The summed E-state index contributed by atoms with van der Waals surface area (Å²) in [6.07, 6.45) is 10.2. The molecule has 4 rings (SSSR count). The van der Waals surface area contributed by atoms with Crippen molar-refractivity contribution in [1.29, 1.82) is 0 Å². The third-order valence-electron chi connectivity index (χ3n) is 9.01. The van der Waals surface area contributed by atoms with Gasteiger partial charge in [0.05, 0.1) is 11.0 Å². The third kappa shape index (κ3) is 7.02. The second-order valence-electron chi connectivity index (χ2n) is 12.4. The van der Waals surface area contributed by atoms with Crippen molar-refractivity contribution in [1.82, 2.24) is 14.5 Å². The zero-order valence-corrected chi connectivity index (χ0v) is 25.5. The molecule has 0 bridgehead atoms. The summed E-state index contributed by atoms with van der Waals surface area (Å²) < 4.78 is 1.73. The Hall–Kier alpha value is -3.27. The number of nitrogens with zero attached hydrogens (tertiary/aromatic N) is 4. The number of piperidine rings is 1. The molecule has 2 aliphatic rings. The number of carboxylic acids is 1. The van der Waals surface area contributed by atoms with Crippen LogP contribution < -0.4 is 11.3 Å². The standard InChI is InChI=1S/C32H47N5O5/c1-5-10-21-12-9-13-23(18-21)36-17-16-24(19-22(36)11-6-2)37-26-15-8-7-14-25(26)34-27(31(37)39)28(32(40)41)35-42-29(20(3)4)30(33)38/h7-8,14-15,20-24,29H,5-6,9-13,16-19H2,1-4H3,(H2,33,38)(H,40,41)/b35-28-/t21?,22-,23-,24-,29?/m0/s1. The molecule has 1 amide bonds. The highest BCUT2D eigenvalue weighted by Crippen LogP contribution is 2.37. The largest absolute Gasteiger partial charge is 0.476 e. The molecule has 42 heavy (non-hydrogen) atoms. The molecule has 2 fully saturated rings. The Bertz CT molecular complexity index is 1340. The van der Waals surface area contributed by atoms with E-state index in [2.05, 4.69) is 28.9 Å². The van der Waals surface area contributed by atoms with Crippen LogP contribution in [0.3, 0.4) is 0 Å². The highest BCUT2D eigenvalue weighted by atomic mass is 16.6. The molecule has 1 aromatic heterocycles. The van der Waals surface area contributed by atoms with E-state index in [1.165, 1.54) is 38.5 Å². The van der Waals surface area contributed by atoms with Crippen LogP contribution in [-0.4, -0.2) is 61.9 Å². The lowest BCUT2D eigenvalue weighted by Crippen LogP contribution is -2.51. The molecular formula is C32H47N5O5. The van der Waals surface area contributed by atoms with Gasteiger partial charge in [-0.1, -0.05) is 77.1 Å². The Morgan fingerprint density at radius 3 is 2.50 bits per heavy atom. The summed E-state index contributed by atoms with van der Waals surface area (Å²) in [7, 11) is 0. The molecule has 3 N–H and O–H groups in total. The van der Waals surface area contributed by atoms with Crippen LogP contribution in [0.4, 0.5) is 0 Å². The number of primary amides is 1. The summed E-state index contributed by atoms with van der Waals surface area (Å²) >= 11 is 0. The molecule has 1 aromatic carbocycles. The van der Waals surface area contributed by atoms with Crippen LogP contribution in [0.1, 0.15) is 104 Å². The van der Waals surface area contributed by atoms with E-state index in [0.717, 1.165) is 38.1 Å². The van der Waals surface area contributed by atoms with Gasteiger partial charge in [-0.15, -0.1) is 0 Å². The lowest BCUT2D eigenvalue weighted by Gasteiger charge is -2.47. The highest BCUT2D eigenvalue weighted by molar-refractivity contribution is 6.41. The number of carboxylic acid groups (broad SMARTS) is 1. The van der Waals surface area contributed by atoms with Crippen molar-refractivity contribution in [3.05, 3.63) is 40.3 Å². The Morgan fingerprint density at radius 2 is 1.83 bits per heavy atom. The molecular weight excluding hydrogens is 534 g/mol. The maximum atomic E-state index is 14.1. The molecule has 10 heteroatoms. The Labute approximate surface area is 248 Å². The molecule has 5 atom stereocenters. The molecule has 1 aliphatic carbocycles. The van der Waals surface area contributed by atoms with Crippen LogP contribution in [0.25, 0.3) is 11.0 Å². The molecule has 2 aromatic rings. The summed E-state index contributed by atoms with van der Waals surface area (Å²) in [5.74, 6) is -1.78. The number of hydrogen-bond donors (Lipinski definition) is 2. The minimum Gasteiger partial charge on any atom is -0.476 e. The van der Waals surface area contributed by atoms with E-state index >= 15 is 0 Å². The fourth-order valence-electron chi connectivity index (χ4n) is 7.08. The number of nitrogens with two attached hydrogens (primary N) is 1. The van der Waals surface area contributed by atoms with Crippen molar-refractivity contribution in [3.8, 4) is 0 Å². The number of oxime groups is 1. The van der Waals surface area contributed by atoms with Crippen LogP contribution >= 0.6 is 0 Å². The number of carbonyl (C=O) groups excluding carboxylic acids is 1. The first-order valence-corrected chi connectivity index (χ1v) is 15.7. The maximum absolute atomic E-state index is 14.1. The van der Waals surface area contributed by atoms with E-state index in [1.807, 2.05) is 18.2 Å². The van der Waals surface area contributed by atoms with Crippen LogP contribution in [0.15, 0.2) is 34.2 Å². The molecule has 2 heterocycles. The fraction of sp³-hybridized carbons (Fsp3) is 0.656. The van der Waals surface area contributed by atoms with Gasteiger partial charge in [-0.3, -0.25) is 14.5 Å². The number of fused-ring (bicyclic) bond motifs is 1. The first kappa shape index (κ1) is 31.7. The first-order valence-electron chi connectivity index (χ1n) is 15.7. The van der Waals surface area contributed by atoms with Gasteiger partial charge < -0.3 is 20.2 Å². The number of para-hydroxylation sites is 2. The number of amides is 1. The third-order valence-corrected chi connectivity index (χ3v) is 9.01. The quantitative estimate of drug-likeness (QED) is 0.269. The number of carbonyl (C=O) groups is 2. The molecule has 2 unspecified atom stereocenters. The zero-order valence-electron chi connectivity index (χ0n) is 25.5. The topological polar surface area (TPSA) is 140 Å². The number of likely N-dealkylation sites (tertiary alicyclic amines) is 1. The lowest BCUT2D eigenvalue weighted by atomic mass is 9.80. The number of aliphatic carboxylic acids is 1. The molecule has 0 spiro atoms. The predicted octanol–water partition coefficient (Wildman–Crippen LogP) is 4.88. The average molecular weight is 582 g/mol. The van der Waals surface area contributed by atoms with E-state index in [0.29, 0.717) is 23.1 Å². The second kappa shape index (κ2) is 14.3. The molecule has 1 saturated carbocycles. The number of rotatable bonds is 12. The monoisotopic (exact) mass is 581 g/mol. The predicted molar refractivity (Wildman–Crippen MR) is 163 cm³/mol. The SMILES string of the molecule is CCCC1CCC[C@H](N2CC[C@H](n3c(=O)c(/C(=N/OC(C(N)=O)C(C)C)C(=O)O)nc4ccccc43)C[C@@H]2CCC)C1. The molecule has 0 radical (unpaired) electrons. The van der Waals surface area contributed by atoms with Gasteiger partial charge in [-0.25, -0.2) is 9.78 Å². The van der Waals surface area contributed by atoms with E-state index in [1.54, 1.807) is 24.5 Å². The van der Waals surface area contributed by atoms with E-state index in [-0.39, 0.29) is 17.7 Å². The van der Waals surface area contributed by atoms with Crippen LogP contribution in [0.5, 0.6) is 0 Å². The zero-order chi connectivity index (χ0) is 30.4. The smallest absolute Gasteiger partial charge is 0.360 e. The Kier molecular flexibility index (Phi) is 10.8. The van der Waals surface area contributed by atoms with Crippen molar-refractivity contribution >= 4 is 28.6 Å². The fourth-order valence-corrected chi connectivity index (χ4v) is 7.08. The van der Waals surface area contributed by atoms with Gasteiger partial charge in [-0.05, 0) is 50.2 Å². The van der Waals surface area contributed by atoms with Gasteiger partial charge >= 0.3 is 5.97 Å². The summed E-state index contributed by atoms with van der Waals surface area (Å²) in [4.78, 5) is 50.7. The first-order chi connectivity index (χ1) is 20.2. The van der Waals surface area contributed by atoms with Gasteiger partial charge in [0.15, 0.2) is 5.69 Å². The van der Waals surface area contributed by atoms with Crippen molar-refractivity contribution < 1.29 is 19.5 Å². The molecule has 230 valence electrons. The maximum Gasteiger partial charge on any atom is 0.360 e. The van der Waals surface area contributed by atoms with Gasteiger partial charge in [0.2, 0.25) is 11.8 Å². The van der Waals surface area contributed by atoms with Gasteiger partial charge in [0.1, 0.15) is 0 Å². The number of benzene rings is 1. The summed E-state index contributed by atoms with van der Waals surface area (Å²) in [6.45, 7) is 8.80. The number of hydrogen-bond acceptors (Lipinski definition) is 7. The molecule has 1 aliphatic heterocycles. The van der Waals surface area contributed by atoms with Crippen LogP contribution in [0.2, 0.25) is 0 Å². The molecule has 10 nitrogen and oxygen atoms in total. The van der Waals surface area contributed by atoms with Crippen molar-refractivity contribution in [2.24, 2.45) is 22.7 Å². The van der Waals surface area contributed by atoms with Crippen molar-refractivity contribution in [3.63, 3.8) is 0 Å². The van der Waals surface area contributed by atoms with Gasteiger partial charge in [0, 0.05) is 30.6 Å². The van der Waals surface area contributed by atoms with E-state index < -0.39 is 29.3 Å². The van der Waals surface area contributed by atoms with E-state index in [9.17, 15) is 19.5 Å². The summed E-state index contributed by atoms with van der Waals surface area (Å²) in [6, 6.07) is 8.12. The number of aromatic nitrogens is 2. The molecule has 1 saturated heterocycles. The minimum atomic E-state index is -1.47. The summed E-state index contributed by atoms with van der Waals surface area (Å²) in [5.41, 5.74) is 5.13. The van der Waals surface area contributed by atoms with Gasteiger partial charge in [0.25, 0.3) is 11.5 Å². The second-order valence-corrected chi connectivity index (χ2v) is 12.4. The highest BCUT2D eigenvalue weighted by Gasteiger charge is 2.37. The van der Waals surface area contributed by atoms with Crippen LogP contribution in [-0.2, 0) is 14.4 Å². The minimum absolute atomic E-state index is 0.114. The van der Waals surface area contributed by atoms with Gasteiger partial charge in [-0.2, -0.15) is 0 Å². The van der Waals surface area contributed by atoms with Crippen LogP contribution in [0, 0.1) is 11.8 Å². The summed E-state index contributed by atoms with van der Waals surface area (Å²) in [5, 5.41) is 13.8. The van der Waals surface area contributed by atoms with Crippen molar-refractivity contribution in [2.75, 3.05) is 6.54 Å². The van der Waals surface area contributed by atoms with Crippen molar-refractivity contribution in [2.45, 2.75) is 116 Å². The normalized spacial score (nSPS) is 24.5. The Balaban J connectivity index is 1.71. The average Bonchev–Trinajstić information content (AvgIpc) is 2.95. The Morgan fingerprint density at radius 1 is 1.10 bits per heavy atom. The lowest BCUT2D eigenvalue weighted by molar-refractivity contribution is -0.134. The van der Waals surface area contributed by atoms with E-state index in [4.69, 9.17) is 10.6 Å².